The van der Waals surface area contributed by atoms with Crippen molar-refractivity contribution in [2.45, 2.75) is 56.6 Å². The van der Waals surface area contributed by atoms with Gasteiger partial charge in [0, 0.05) is 6.92 Å². The van der Waals surface area contributed by atoms with E-state index in [1.54, 1.807) is 0 Å². The van der Waals surface area contributed by atoms with E-state index >= 15 is 0 Å². The number of aliphatic carboxylic acids is 1. The summed E-state index contributed by atoms with van der Waals surface area (Å²) >= 11 is 0. The van der Waals surface area contributed by atoms with Crippen molar-refractivity contribution < 1.29 is 34.8 Å². The molecule has 0 saturated carbocycles. The molecule has 25 heavy (non-hydrogen) atoms. The van der Waals surface area contributed by atoms with E-state index in [9.17, 15) is 24.9 Å². The number of aliphatic hydroxyl groups excluding tert-OH is 3. The minimum atomic E-state index is -1.56. The van der Waals surface area contributed by atoms with Crippen LogP contribution < -0.4 is 5.32 Å². The molecule has 1 fully saturated rings. The molecule has 9 nitrogen and oxygen atoms in total. The molecule has 0 aromatic carbocycles. The second-order valence-electron chi connectivity index (χ2n) is 6.47. The molecule has 142 valence electrons. The molecule has 2 aliphatic rings. The van der Waals surface area contributed by atoms with Crippen LogP contribution in [-0.4, -0.2) is 87.3 Å². The molecular formula is C16H26N2O7. The summed E-state index contributed by atoms with van der Waals surface area (Å²) in [6.07, 6.45) is 0.139. The van der Waals surface area contributed by atoms with Crippen LogP contribution in [0.3, 0.4) is 0 Å². The van der Waals surface area contributed by atoms with Gasteiger partial charge in [-0.05, 0) is 32.0 Å². The molecule has 5 N–H and O–H groups in total. The van der Waals surface area contributed by atoms with Gasteiger partial charge in [-0.25, -0.2) is 4.79 Å². The summed E-state index contributed by atoms with van der Waals surface area (Å²) in [5.74, 6) is -2.00. The first-order valence-corrected chi connectivity index (χ1v) is 8.45. The van der Waals surface area contributed by atoms with Gasteiger partial charge in [-0.1, -0.05) is 6.42 Å². The fraction of sp³-hybridized carbons (Fsp3) is 0.750. The first-order valence-electron chi connectivity index (χ1n) is 8.45. The van der Waals surface area contributed by atoms with Crippen LogP contribution in [-0.2, 0) is 14.3 Å². The van der Waals surface area contributed by atoms with Gasteiger partial charge in [0.15, 0.2) is 0 Å². The molecule has 9 heteroatoms. The molecule has 2 rings (SSSR count). The zero-order valence-corrected chi connectivity index (χ0v) is 14.2. The van der Waals surface area contributed by atoms with Gasteiger partial charge in [-0.3, -0.25) is 9.69 Å². The highest BCUT2D eigenvalue weighted by atomic mass is 16.5. The quantitative estimate of drug-likeness (QED) is 0.384. The highest BCUT2D eigenvalue weighted by molar-refractivity contribution is 5.84. The first kappa shape index (κ1) is 19.6. The minimum Gasteiger partial charge on any atom is -0.478 e. The van der Waals surface area contributed by atoms with Gasteiger partial charge in [0.05, 0.1) is 18.7 Å². The second kappa shape index (κ2) is 8.61. The van der Waals surface area contributed by atoms with E-state index in [4.69, 9.17) is 9.84 Å². The fourth-order valence-corrected chi connectivity index (χ4v) is 3.39. The SMILES string of the molecule is CC(=O)N[C@H]1[C@@H]([C@@H](O)[C@H](O)CO)OC(C(=O)O)=C[C@H]1N1CCCCC1. The molecule has 1 amide bonds. The third kappa shape index (κ3) is 4.69. The number of carbonyl (C=O) groups excluding carboxylic acids is 1. The van der Waals surface area contributed by atoms with Crippen LogP contribution >= 0.6 is 0 Å². The Morgan fingerprint density at radius 3 is 2.48 bits per heavy atom. The first-order chi connectivity index (χ1) is 11.8. The molecule has 5 atom stereocenters. The van der Waals surface area contributed by atoms with Gasteiger partial charge in [0.2, 0.25) is 11.7 Å². The molecule has 0 radical (unpaired) electrons. The number of carbonyl (C=O) groups is 2. The predicted molar refractivity (Wildman–Crippen MR) is 86.5 cm³/mol. The molecular weight excluding hydrogens is 332 g/mol. The second-order valence-corrected chi connectivity index (χ2v) is 6.47. The maximum atomic E-state index is 11.6. The summed E-state index contributed by atoms with van der Waals surface area (Å²) < 4.78 is 5.37. The van der Waals surface area contributed by atoms with Crippen LogP contribution in [0.2, 0.25) is 0 Å². The van der Waals surface area contributed by atoms with Crippen molar-refractivity contribution in [3.05, 3.63) is 11.8 Å². The molecule has 0 aromatic rings. The lowest BCUT2D eigenvalue weighted by Gasteiger charge is -2.45. The zero-order valence-electron chi connectivity index (χ0n) is 14.2. The van der Waals surface area contributed by atoms with Gasteiger partial charge < -0.3 is 30.5 Å². The largest absolute Gasteiger partial charge is 0.478 e. The van der Waals surface area contributed by atoms with Crippen LogP contribution in [0.1, 0.15) is 26.2 Å². The average Bonchev–Trinajstić information content (AvgIpc) is 2.60. The molecule has 2 heterocycles. The van der Waals surface area contributed by atoms with Gasteiger partial charge in [0.1, 0.15) is 18.3 Å². The number of aliphatic hydroxyl groups is 3. The van der Waals surface area contributed by atoms with Crippen molar-refractivity contribution >= 4 is 11.9 Å². The maximum Gasteiger partial charge on any atom is 0.370 e. The van der Waals surface area contributed by atoms with Crippen molar-refractivity contribution in [2.75, 3.05) is 19.7 Å². The number of carboxylic acids is 1. The van der Waals surface area contributed by atoms with E-state index in [1.165, 1.54) is 13.0 Å². The Hall–Kier alpha value is -1.68. The molecule has 1 saturated heterocycles. The Kier molecular flexibility index (Phi) is 6.77. The molecule has 0 spiro atoms. The average molecular weight is 358 g/mol. The smallest absolute Gasteiger partial charge is 0.370 e. The summed E-state index contributed by atoms with van der Waals surface area (Å²) in [5.41, 5.74) is 0. The van der Waals surface area contributed by atoms with E-state index in [0.717, 1.165) is 32.4 Å². The number of amides is 1. The Labute approximate surface area is 145 Å². The third-order valence-corrected chi connectivity index (χ3v) is 4.62. The van der Waals surface area contributed by atoms with E-state index in [0.29, 0.717) is 0 Å². The fourth-order valence-electron chi connectivity index (χ4n) is 3.39. The van der Waals surface area contributed by atoms with Gasteiger partial charge in [-0.15, -0.1) is 0 Å². The number of hydrogen-bond acceptors (Lipinski definition) is 7. The number of hydrogen-bond donors (Lipinski definition) is 5. The molecule has 2 aliphatic heterocycles. The lowest BCUT2D eigenvalue weighted by molar-refractivity contribution is -0.148. The molecule has 0 bridgehead atoms. The summed E-state index contributed by atoms with van der Waals surface area (Å²) in [4.78, 5) is 25.1. The lowest BCUT2D eigenvalue weighted by atomic mass is 9.90. The van der Waals surface area contributed by atoms with Crippen LogP contribution in [0.5, 0.6) is 0 Å². The Morgan fingerprint density at radius 1 is 1.32 bits per heavy atom. The zero-order chi connectivity index (χ0) is 18.6. The summed E-state index contributed by atoms with van der Waals surface area (Å²) in [5, 5.41) is 41.2. The topological polar surface area (TPSA) is 140 Å². The summed E-state index contributed by atoms with van der Waals surface area (Å²) in [7, 11) is 0. The van der Waals surface area contributed by atoms with E-state index < -0.39 is 43.0 Å². The highest BCUT2D eigenvalue weighted by Gasteiger charge is 2.45. The van der Waals surface area contributed by atoms with Crippen molar-refractivity contribution in [3.63, 3.8) is 0 Å². The van der Waals surface area contributed by atoms with Crippen LogP contribution in [0.25, 0.3) is 0 Å². The Bertz CT molecular complexity index is 519. The Balaban J connectivity index is 2.37. The maximum absolute atomic E-state index is 11.6. The minimum absolute atomic E-state index is 0.341. The standard InChI is InChI=1S/C16H26N2O7/c1-9(20)17-13-10(18-5-3-2-4-6-18)7-12(16(23)24)25-15(13)14(22)11(21)8-19/h7,10-11,13-15,19,21-22H,2-6,8H2,1H3,(H,17,20)(H,23,24)/t10-,11-,13-,14+,15+/m1/s1. The Morgan fingerprint density at radius 2 is 1.96 bits per heavy atom. The van der Waals surface area contributed by atoms with E-state index in [-0.39, 0.29) is 11.7 Å². The number of ether oxygens (including phenoxy) is 1. The number of nitrogens with one attached hydrogen (secondary N) is 1. The van der Waals surface area contributed by atoms with Crippen molar-refractivity contribution in [2.24, 2.45) is 0 Å². The number of likely N-dealkylation sites (tertiary alicyclic amines) is 1. The normalized spacial score (nSPS) is 29.9. The van der Waals surface area contributed by atoms with Crippen LogP contribution in [0.4, 0.5) is 0 Å². The molecule has 0 unspecified atom stereocenters. The summed E-state index contributed by atoms with van der Waals surface area (Å²) in [6, 6.07) is -1.25. The van der Waals surface area contributed by atoms with Crippen LogP contribution in [0.15, 0.2) is 11.8 Å². The van der Waals surface area contributed by atoms with Gasteiger partial charge in [-0.2, -0.15) is 0 Å². The van der Waals surface area contributed by atoms with E-state index in [1.807, 2.05) is 4.90 Å². The van der Waals surface area contributed by atoms with Crippen LogP contribution in [0, 0.1) is 0 Å². The number of rotatable bonds is 6. The van der Waals surface area contributed by atoms with Gasteiger partial charge in [0.25, 0.3) is 0 Å². The van der Waals surface area contributed by atoms with Crippen molar-refractivity contribution in [1.29, 1.82) is 0 Å². The van der Waals surface area contributed by atoms with E-state index in [2.05, 4.69) is 5.32 Å². The highest BCUT2D eigenvalue weighted by Crippen LogP contribution is 2.27. The number of piperidine rings is 1. The lowest BCUT2D eigenvalue weighted by Crippen LogP contribution is -2.64. The summed E-state index contributed by atoms with van der Waals surface area (Å²) in [6.45, 7) is 2.06. The number of nitrogens with zero attached hydrogens (tertiary/aromatic N) is 1. The monoisotopic (exact) mass is 358 g/mol. The predicted octanol–water partition coefficient (Wildman–Crippen LogP) is -1.57. The van der Waals surface area contributed by atoms with Gasteiger partial charge >= 0.3 is 5.97 Å². The molecule has 0 aliphatic carbocycles. The van der Waals surface area contributed by atoms with Crippen molar-refractivity contribution in [1.82, 2.24) is 10.2 Å². The van der Waals surface area contributed by atoms with Crippen molar-refractivity contribution in [3.8, 4) is 0 Å². The third-order valence-electron chi connectivity index (χ3n) is 4.62. The molecule has 0 aromatic heterocycles. The number of carboxylic acid groups (broad SMARTS) is 1.